The predicted octanol–water partition coefficient (Wildman–Crippen LogP) is 4.28. The zero-order valence-corrected chi connectivity index (χ0v) is 18.2. The van der Waals surface area contributed by atoms with Crippen molar-refractivity contribution in [3.8, 4) is 5.75 Å². The SMILES string of the molecule is CCCCCn1nc(C(=O)OCC(=O)Nc2ccc(OC(F)(F)F)cc2)c2ccccc2c1=O. The van der Waals surface area contributed by atoms with Gasteiger partial charge in [-0.25, -0.2) is 9.48 Å². The Morgan fingerprint density at radius 2 is 1.71 bits per heavy atom. The van der Waals surface area contributed by atoms with Crippen LogP contribution < -0.4 is 15.6 Å². The number of aromatic nitrogens is 2. The van der Waals surface area contributed by atoms with Crippen LogP contribution in [0.1, 0.15) is 36.7 Å². The smallest absolute Gasteiger partial charge is 0.451 e. The number of anilines is 1. The van der Waals surface area contributed by atoms with E-state index in [1.165, 1.54) is 16.8 Å². The number of hydrogen-bond donors (Lipinski definition) is 1. The number of unbranched alkanes of at least 4 members (excludes halogenated alkanes) is 2. The highest BCUT2D eigenvalue weighted by molar-refractivity contribution is 6.03. The zero-order valence-electron chi connectivity index (χ0n) is 18.2. The molecule has 0 spiro atoms. The number of ether oxygens (including phenoxy) is 2. The largest absolute Gasteiger partial charge is 0.573 e. The molecule has 0 fully saturated rings. The topological polar surface area (TPSA) is 99.5 Å². The number of benzene rings is 2. The monoisotopic (exact) mass is 477 g/mol. The predicted molar refractivity (Wildman–Crippen MR) is 118 cm³/mol. The highest BCUT2D eigenvalue weighted by Gasteiger charge is 2.31. The molecule has 2 aromatic carbocycles. The van der Waals surface area contributed by atoms with Crippen molar-refractivity contribution in [2.75, 3.05) is 11.9 Å². The molecule has 11 heteroatoms. The van der Waals surface area contributed by atoms with E-state index in [4.69, 9.17) is 4.74 Å². The van der Waals surface area contributed by atoms with E-state index >= 15 is 0 Å². The minimum absolute atomic E-state index is 0.0897. The summed E-state index contributed by atoms with van der Waals surface area (Å²) in [5.74, 6) is -2.04. The van der Waals surface area contributed by atoms with Crippen molar-refractivity contribution in [3.63, 3.8) is 0 Å². The van der Waals surface area contributed by atoms with Crippen LogP contribution in [0.15, 0.2) is 53.3 Å². The number of rotatable bonds is 9. The van der Waals surface area contributed by atoms with E-state index in [-0.39, 0.29) is 16.9 Å². The van der Waals surface area contributed by atoms with E-state index in [1.54, 1.807) is 24.3 Å². The lowest BCUT2D eigenvalue weighted by Gasteiger charge is -2.11. The fraction of sp³-hybridized carbons (Fsp3) is 0.304. The molecule has 0 aliphatic heterocycles. The Morgan fingerprint density at radius 1 is 1.03 bits per heavy atom. The van der Waals surface area contributed by atoms with E-state index < -0.39 is 30.6 Å². The summed E-state index contributed by atoms with van der Waals surface area (Å²) in [7, 11) is 0. The van der Waals surface area contributed by atoms with Crippen LogP contribution in [0.3, 0.4) is 0 Å². The molecule has 1 amide bonds. The summed E-state index contributed by atoms with van der Waals surface area (Å²) >= 11 is 0. The number of nitrogens with one attached hydrogen (secondary N) is 1. The summed E-state index contributed by atoms with van der Waals surface area (Å²) in [4.78, 5) is 37.5. The first-order valence-electron chi connectivity index (χ1n) is 10.5. The number of carbonyl (C=O) groups is 2. The van der Waals surface area contributed by atoms with Crippen molar-refractivity contribution < 1.29 is 32.2 Å². The summed E-state index contributed by atoms with van der Waals surface area (Å²) in [6, 6.07) is 11.0. The minimum Gasteiger partial charge on any atom is -0.451 e. The number of amides is 1. The highest BCUT2D eigenvalue weighted by Crippen LogP contribution is 2.24. The van der Waals surface area contributed by atoms with E-state index in [9.17, 15) is 27.6 Å². The molecular weight excluding hydrogens is 455 g/mol. The molecule has 3 aromatic rings. The summed E-state index contributed by atoms with van der Waals surface area (Å²) in [5, 5.41) is 7.19. The Morgan fingerprint density at radius 3 is 2.35 bits per heavy atom. The van der Waals surface area contributed by atoms with Crippen molar-refractivity contribution in [1.29, 1.82) is 0 Å². The molecule has 1 aromatic heterocycles. The highest BCUT2D eigenvalue weighted by atomic mass is 19.4. The molecule has 0 radical (unpaired) electrons. The molecule has 34 heavy (non-hydrogen) atoms. The van der Waals surface area contributed by atoms with Gasteiger partial charge in [0.05, 0.1) is 5.39 Å². The Labute approximate surface area is 192 Å². The van der Waals surface area contributed by atoms with Gasteiger partial charge < -0.3 is 14.8 Å². The molecule has 8 nitrogen and oxygen atoms in total. The standard InChI is InChI=1S/C23H22F3N3O5/c1-2-3-6-13-29-21(31)18-8-5-4-7-17(18)20(28-29)22(32)33-14-19(30)27-15-9-11-16(12-10-15)34-23(24,25)26/h4-5,7-12H,2-3,6,13-14H2,1H3,(H,27,30). The molecule has 180 valence electrons. The summed E-state index contributed by atoms with van der Waals surface area (Å²) in [6.07, 6.45) is -2.27. The van der Waals surface area contributed by atoms with Gasteiger partial charge in [-0.05, 0) is 36.8 Å². The maximum absolute atomic E-state index is 12.7. The lowest BCUT2D eigenvalue weighted by atomic mass is 10.1. The molecule has 0 aliphatic rings. The molecule has 0 aliphatic carbocycles. The fourth-order valence-corrected chi connectivity index (χ4v) is 3.19. The molecule has 0 bridgehead atoms. The van der Waals surface area contributed by atoms with Crippen LogP contribution in [0, 0.1) is 0 Å². The van der Waals surface area contributed by atoms with Gasteiger partial charge in [-0.15, -0.1) is 13.2 Å². The molecule has 0 unspecified atom stereocenters. The number of hydrogen-bond acceptors (Lipinski definition) is 6. The Balaban J connectivity index is 1.68. The third kappa shape index (κ3) is 6.56. The van der Waals surface area contributed by atoms with E-state index in [2.05, 4.69) is 15.2 Å². The van der Waals surface area contributed by atoms with Crippen LogP contribution in [-0.4, -0.2) is 34.6 Å². The third-order valence-corrected chi connectivity index (χ3v) is 4.74. The molecule has 1 heterocycles. The minimum atomic E-state index is -4.82. The normalized spacial score (nSPS) is 11.3. The van der Waals surface area contributed by atoms with Crippen molar-refractivity contribution in [1.82, 2.24) is 9.78 Å². The van der Waals surface area contributed by atoms with Crippen LogP contribution in [0.4, 0.5) is 18.9 Å². The van der Waals surface area contributed by atoms with Crippen LogP contribution in [0.5, 0.6) is 5.75 Å². The number of fused-ring (bicyclic) bond motifs is 1. The molecule has 0 saturated carbocycles. The van der Waals surface area contributed by atoms with Gasteiger partial charge in [0.2, 0.25) is 0 Å². The van der Waals surface area contributed by atoms with Gasteiger partial charge in [0.25, 0.3) is 11.5 Å². The number of aryl methyl sites for hydroxylation is 1. The van der Waals surface area contributed by atoms with Crippen LogP contribution >= 0.6 is 0 Å². The first kappa shape index (κ1) is 24.7. The molecule has 1 N–H and O–H groups in total. The number of alkyl halides is 3. The first-order chi connectivity index (χ1) is 16.2. The van der Waals surface area contributed by atoms with Crippen molar-refractivity contribution in [3.05, 3.63) is 64.6 Å². The van der Waals surface area contributed by atoms with E-state index in [0.29, 0.717) is 23.7 Å². The first-order valence-corrected chi connectivity index (χ1v) is 10.5. The van der Waals surface area contributed by atoms with Crippen molar-refractivity contribution in [2.45, 2.75) is 39.1 Å². The summed E-state index contributed by atoms with van der Waals surface area (Å²) < 4.78 is 46.7. The Bertz CT molecular complexity index is 1220. The van der Waals surface area contributed by atoms with Crippen LogP contribution in [0.25, 0.3) is 10.8 Å². The third-order valence-electron chi connectivity index (χ3n) is 4.74. The number of carbonyl (C=O) groups excluding carboxylic acids is 2. The summed E-state index contributed by atoms with van der Waals surface area (Å²) in [5.41, 5.74) is -0.226. The van der Waals surface area contributed by atoms with Gasteiger partial charge in [0.1, 0.15) is 5.75 Å². The summed E-state index contributed by atoms with van der Waals surface area (Å²) in [6.45, 7) is 1.70. The molecule has 0 atom stereocenters. The fourth-order valence-electron chi connectivity index (χ4n) is 3.19. The second-order valence-electron chi connectivity index (χ2n) is 7.33. The molecule has 0 saturated heterocycles. The average molecular weight is 477 g/mol. The molecule has 3 rings (SSSR count). The second kappa shape index (κ2) is 10.8. The Hall–Kier alpha value is -3.89. The second-order valence-corrected chi connectivity index (χ2v) is 7.33. The van der Waals surface area contributed by atoms with E-state index in [1.807, 2.05) is 6.92 Å². The molecular formula is C23H22F3N3O5. The maximum Gasteiger partial charge on any atom is 0.573 e. The van der Waals surface area contributed by atoms with Crippen LogP contribution in [0.2, 0.25) is 0 Å². The lowest BCUT2D eigenvalue weighted by molar-refractivity contribution is -0.274. The lowest BCUT2D eigenvalue weighted by Crippen LogP contribution is -2.28. The number of esters is 1. The quantitative estimate of drug-likeness (QED) is 0.365. The van der Waals surface area contributed by atoms with Crippen LogP contribution in [-0.2, 0) is 16.1 Å². The maximum atomic E-state index is 12.7. The van der Waals surface area contributed by atoms with Gasteiger partial charge in [0.15, 0.2) is 12.3 Å². The Kier molecular flexibility index (Phi) is 7.87. The van der Waals surface area contributed by atoms with Gasteiger partial charge in [-0.3, -0.25) is 9.59 Å². The van der Waals surface area contributed by atoms with Gasteiger partial charge in [-0.2, -0.15) is 5.10 Å². The van der Waals surface area contributed by atoms with Gasteiger partial charge in [0, 0.05) is 17.6 Å². The van der Waals surface area contributed by atoms with E-state index in [0.717, 1.165) is 25.0 Å². The average Bonchev–Trinajstić information content (AvgIpc) is 2.79. The van der Waals surface area contributed by atoms with Crippen molar-refractivity contribution >= 4 is 28.3 Å². The zero-order chi connectivity index (χ0) is 24.7. The van der Waals surface area contributed by atoms with Gasteiger partial charge >= 0.3 is 12.3 Å². The number of nitrogens with zero attached hydrogens (tertiary/aromatic N) is 2. The van der Waals surface area contributed by atoms with Crippen molar-refractivity contribution in [2.24, 2.45) is 0 Å². The number of halogens is 3. The van der Waals surface area contributed by atoms with Gasteiger partial charge in [-0.1, -0.05) is 38.0 Å².